The van der Waals surface area contributed by atoms with Gasteiger partial charge in [-0.1, -0.05) is 25.0 Å². The molecule has 2 aliphatic rings. The Morgan fingerprint density at radius 1 is 1.21 bits per heavy atom. The van der Waals surface area contributed by atoms with Crippen molar-refractivity contribution in [2.45, 2.75) is 95.0 Å². The van der Waals surface area contributed by atoms with Gasteiger partial charge in [-0.2, -0.15) is 0 Å². The predicted molar refractivity (Wildman–Crippen MR) is 184 cm³/mol. The molecule has 1 saturated heterocycles. The zero-order valence-corrected chi connectivity index (χ0v) is 29.5. The van der Waals surface area contributed by atoms with Crippen molar-refractivity contribution in [3.05, 3.63) is 54.2 Å². The minimum absolute atomic E-state index is 0.000231. The number of aliphatic carboxylic acids is 1. The number of nitrogens with zero attached hydrogens (tertiary/aromatic N) is 2. The molecule has 2 aromatic rings. The summed E-state index contributed by atoms with van der Waals surface area (Å²) in [7, 11) is 1.57. The quantitative estimate of drug-likeness (QED) is 0.159. The monoisotopic (exact) mass is 728 g/mol. The molecule has 0 radical (unpaired) electrons. The van der Waals surface area contributed by atoms with Gasteiger partial charge in [0.25, 0.3) is 0 Å². The maximum absolute atomic E-state index is 14.3. The normalized spacial score (nSPS) is 22.4. The maximum atomic E-state index is 14.3. The van der Waals surface area contributed by atoms with E-state index in [-0.39, 0.29) is 19.4 Å². The number of likely N-dealkylation sites (tertiary alicyclic amines) is 1. The number of hydrogen-bond acceptors (Lipinski definition) is 8. The van der Waals surface area contributed by atoms with Gasteiger partial charge in [0.15, 0.2) is 0 Å². The average Bonchev–Trinajstić information content (AvgIpc) is 3.58. The fraction of sp³-hybridized carbons (Fsp3) is 0.514. The number of nitrogens with one attached hydrogen (secondary N) is 2. The summed E-state index contributed by atoms with van der Waals surface area (Å²) < 4.78 is 17.9. The van der Waals surface area contributed by atoms with E-state index in [1.807, 2.05) is 24.3 Å². The summed E-state index contributed by atoms with van der Waals surface area (Å²) in [4.78, 5) is 59.0. The van der Waals surface area contributed by atoms with Crippen LogP contribution in [0.5, 0.6) is 11.6 Å². The number of carbonyl (C=O) groups is 4. The number of allylic oxidation sites excluding steroid dienone is 1. The van der Waals surface area contributed by atoms with Crippen LogP contribution >= 0.6 is 15.9 Å². The lowest BCUT2D eigenvalue weighted by atomic mass is 10.0. The van der Waals surface area contributed by atoms with E-state index in [0.29, 0.717) is 34.3 Å². The van der Waals surface area contributed by atoms with Gasteiger partial charge in [0.05, 0.1) is 18.1 Å². The summed E-state index contributed by atoms with van der Waals surface area (Å²) in [5.41, 5.74) is -2.29. The first-order chi connectivity index (χ1) is 22.7. The highest BCUT2D eigenvalue weighted by Gasteiger charge is 2.61. The lowest BCUT2D eigenvalue weighted by molar-refractivity contribution is -0.145. The molecule has 2 heterocycles. The van der Waals surface area contributed by atoms with Crippen LogP contribution < -0.4 is 20.1 Å². The third-order valence-corrected chi connectivity index (χ3v) is 9.16. The number of ether oxygens (including phenoxy) is 3. The van der Waals surface area contributed by atoms with Crippen LogP contribution in [-0.2, 0) is 19.1 Å². The van der Waals surface area contributed by atoms with Crippen LogP contribution in [0.3, 0.4) is 0 Å². The summed E-state index contributed by atoms with van der Waals surface area (Å²) in [6.45, 7) is 12.6. The number of benzene rings is 1. The van der Waals surface area contributed by atoms with E-state index in [9.17, 15) is 24.3 Å². The van der Waals surface area contributed by atoms with Gasteiger partial charge in [-0.05, 0) is 86.0 Å². The Labute approximate surface area is 289 Å². The zero-order valence-electron chi connectivity index (χ0n) is 27.9. The van der Waals surface area contributed by atoms with E-state index in [1.54, 1.807) is 34.1 Å². The Balaban J connectivity index is 1.63. The number of pyridine rings is 1. The van der Waals surface area contributed by atoms with E-state index < -0.39 is 59.1 Å². The van der Waals surface area contributed by atoms with E-state index in [0.717, 1.165) is 24.6 Å². The molecule has 5 atom stereocenters. The number of rotatable bonds is 15. The molecule has 12 nitrogen and oxygen atoms in total. The minimum Gasteiger partial charge on any atom is -0.496 e. The number of halogens is 1. The third-order valence-electron chi connectivity index (χ3n) is 8.54. The number of unbranched alkanes of at least 4 members (excludes halogenated alkanes) is 3. The molecular weight excluding hydrogens is 684 g/mol. The van der Waals surface area contributed by atoms with Gasteiger partial charge in [-0.25, -0.2) is 14.6 Å². The highest BCUT2D eigenvalue weighted by Crippen LogP contribution is 2.45. The summed E-state index contributed by atoms with van der Waals surface area (Å²) >= 11 is 3.51. The number of carboxylic acids is 1. The average molecular weight is 730 g/mol. The van der Waals surface area contributed by atoms with E-state index in [4.69, 9.17) is 14.2 Å². The largest absolute Gasteiger partial charge is 0.496 e. The second-order valence-corrected chi connectivity index (χ2v) is 14.1. The number of methoxy groups -OCH3 is 1. The molecule has 1 aliphatic carbocycles. The number of hydrogen-bond donors (Lipinski definition) is 3. The van der Waals surface area contributed by atoms with Gasteiger partial charge >= 0.3 is 12.1 Å². The van der Waals surface area contributed by atoms with Crippen molar-refractivity contribution in [1.82, 2.24) is 20.5 Å². The van der Waals surface area contributed by atoms with Crippen molar-refractivity contribution in [2.24, 2.45) is 5.92 Å². The first kappa shape index (κ1) is 36.7. The van der Waals surface area contributed by atoms with Crippen molar-refractivity contribution in [2.75, 3.05) is 13.7 Å². The van der Waals surface area contributed by atoms with Crippen LogP contribution in [0.25, 0.3) is 10.8 Å². The number of amides is 3. The SMILES string of the molecule is C=CCCCCC[C@H](NC(=O)OC(C)(C)C)C(=O)N1C[C@H](Oc2nccc3cc(OC)c(Br)cc23)C[C@H]1C(=O)N[C@]1(C(=O)O)C[C@H]1C=C. The number of fused-ring (bicyclic) bond motifs is 1. The van der Waals surface area contributed by atoms with Crippen molar-refractivity contribution < 1.29 is 38.5 Å². The molecule has 3 amide bonds. The van der Waals surface area contributed by atoms with Crippen LogP contribution in [0.4, 0.5) is 4.79 Å². The lowest BCUT2D eigenvalue weighted by Gasteiger charge is -2.30. The van der Waals surface area contributed by atoms with Crippen LogP contribution in [0.2, 0.25) is 0 Å². The second-order valence-electron chi connectivity index (χ2n) is 13.2. The maximum Gasteiger partial charge on any atom is 0.408 e. The molecule has 1 saturated carbocycles. The zero-order chi connectivity index (χ0) is 35.2. The third kappa shape index (κ3) is 8.66. The molecule has 260 valence electrons. The Hall–Kier alpha value is -4.13. The van der Waals surface area contributed by atoms with Crippen LogP contribution in [-0.4, -0.2) is 81.8 Å². The lowest BCUT2D eigenvalue weighted by Crippen LogP contribution is -2.56. The molecule has 48 heavy (non-hydrogen) atoms. The number of aromatic nitrogens is 1. The Morgan fingerprint density at radius 3 is 2.58 bits per heavy atom. The van der Waals surface area contributed by atoms with Crippen molar-refractivity contribution >= 4 is 50.6 Å². The first-order valence-corrected chi connectivity index (χ1v) is 16.9. The fourth-order valence-corrected chi connectivity index (χ4v) is 6.48. The topological polar surface area (TPSA) is 156 Å². The Bertz CT molecular complexity index is 1560. The van der Waals surface area contributed by atoms with E-state index in [1.165, 1.54) is 11.0 Å². The molecule has 1 aromatic heterocycles. The van der Waals surface area contributed by atoms with E-state index in [2.05, 4.69) is 44.7 Å². The van der Waals surface area contributed by atoms with Gasteiger partial charge in [0, 0.05) is 23.9 Å². The summed E-state index contributed by atoms with van der Waals surface area (Å²) in [6, 6.07) is 3.41. The second kappa shape index (κ2) is 15.4. The van der Waals surface area contributed by atoms with Crippen molar-refractivity contribution in [3.63, 3.8) is 0 Å². The highest BCUT2D eigenvalue weighted by atomic mass is 79.9. The van der Waals surface area contributed by atoms with E-state index >= 15 is 0 Å². The molecular formula is C35H45BrN4O8. The summed E-state index contributed by atoms with van der Waals surface area (Å²) in [5, 5.41) is 16.9. The van der Waals surface area contributed by atoms with Gasteiger partial charge in [0.2, 0.25) is 17.7 Å². The fourth-order valence-electron chi connectivity index (χ4n) is 5.97. The highest BCUT2D eigenvalue weighted by molar-refractivity contribution is 9.10. The molecule has 13 heteroatoms. The van der Waals surface area contributed by atoms with Gasteiger partial charge in [-0.15, -0.1) is 13.2 Å². The van der Waals surface area contributed by atoms with Gasteiger partial charge < -0.3 is 34.9 Å². The van der Waals surface area contributed by atoms with Crippen molar-refractivity contribution in [3.8, 4) is 11.6 Å². The predicted octanol–water partition coefficient (Wildman–Crippen LogP) is 5.53. The van der Waals surface area contributed by atoms with Crippen LogP contribution in [0, 0.1) is 5.92 Å². The summed E-state index contributed by atoms with van der Waals surface area (Å²) in [5.74, 6) is -1.79. The molecule has 4 rings (SSSR count). The molecule has 1 aromatic carbocycles. The Morgan fingerprint density at radius 2 is 1.96 bits per heavy atom. The number of carbonyl (C=O) groups excluding carboxylic acids is 3. The van der Waals surface area contributed by atoms with Crippen LogP contribution in [0.1, 0.15) is 65.7 Å². The molecule has 0 spiro atoms. The smallest absolute Gasteiger partial charge is 0.408 e. The summed E-state index contributed by atoms with van der Waals surface area (Å²) in [6.07, 6.45) is 7.22. The van der Waals surface area contributed by atoms with Crippen molar-refractivity contribution in [1.29, 1.82) is 0 Å². The Kier molecular flexibility index (Phi) is 11.8. The molecule has 0 bridgehead atoms. The number of alkyl carbamates (subject to hydrolysis) is 1. The minimum atomic E-state index is -1.49. The molecule has 0 unspecified atom stereocenters. The van der Waals surface area contributed by atoms with Gasteiger partial charge in [0.1, 0.15) is 35.1 Å². The molecule has 2 fully saturated rings. The first-order valence-electron chi connectivity index (χ1n) is 16.1. The van der Waals surface area contributed by atoms with Crippen LogP contribution in [0.15, 0.2) is 54.2 Å². The molecule has 1 aliphatic heterocycles. The standard InChI is InChI=1S/C35H45BrN4O8/c1-7-9-10-11-12-13-26(38-33(45)48-34(3,4)5)31(42)40-20-23(17-27(40)29(41)39-35(32(43)44)19-22(35)8-2)47-30-24-18-25(36)28(46-6)16-21(24)14-15-37-30/h7-8,14-16,18,22-23,26-27H,1-2,9-13,17,19-20H2,3-6H3,(H,38,45)(H,39,41)(H,43,44)/t22-,23-,26+,27+,35-/m1/s1. The number of carboxylic acid groups (broad SMARTS) is 1. The molecule has 3 N–H and O–H groups in total. The van der Waals surface area contributed by atoms with Gasteiger partial charge in [-0.3, -0.25) is 9.59 Å².